The molecule has 1 atom stereocenters. The Morgan fingerprint density at radius 3 is 2.94 bits per heavy atom. The fraction of sp³-hybridized carbons (Fsp3) is 0.462. The molecule has 1 aliphatic rings. The lowest BCUT2D eigenvalue weighted by atomic mass is 10.0. The SMILES string of the molecule is COC(=O)CC(O)c1cccc(C2CC2)c1. The molecule has 0 bridgehead atoms. The summed E-state index contributed by atoms with van der Waals surface area (Å²) in [5, 5.41) is 9.85. The number of hydrogen-bond donors (Lipinski definition) is 1. The van der Waals surface area contributed by atoms with E-state index in [9.17, 15) is 9.90 Å². The largest absolute Gasteiger partial charge is 0.469 e. The highest BCUT2D eigenvalue weighted by atomic mass is 16.5. The molecule has 0 radical (unpaired) electrons. The maximum atomic E-state index is 11.0. The Kier molecular flexibility index (Phi) is 3.25. The molecule has 1 unspecified atom stereocenters. The molecule has 1 aromatic rings. The molecule has 86 valence electrons. The Hall–Kier alpha value is -1.35. The fourth-order valence-electron chi connectivity index (χ4n) is 1.80. The first-order valence-corrected chi connectivity index (χ1v) is 5.55. The molecule has 0 heterocycles. The van der Waals surface area contributed by atoms with Gasteiger partial charge in [-0.25, -0.2) is 0 Å². The molecule has 0 saturated heterocycles. The summed E-state index contributed by atoms with van der Waals surface area (Å²) in [5.41, 5.74) is 2.07. The van der Waals surface area contributed by atoms with E-state index >= 15 is 0 Å². The van der Waals surface area contributed by atoms with Gasteiger partial charge < -0.3 is 9.84 Å². The smallest absolute Gasteiger partial charge is 0.308 e. The number of hydrogen-bond acceptors (Lipinski definition) is 3. The van der Waals surface area contributed by atoms with Crippen molar-refractivity contribution in [1.82, 2.24) is 0 Å². The summed E-state index contributed by atoms with van der Waals surface area (Å²) in [6, 6.07) is 7.85. The minimum absolute atomic E-state index is 0.0185. The number of aliphatic hydroxyl groups excluding tert-OH is 1. The number of aliphatic hydroxyl groups is 1. The molecule has 1 aliphatic carbocycles. The Morgan fingerprint density at radius 1 is 1.56 bits per heavy atom. The van der Waals surface area contributed by atoms with Gasteiger partial charge in [-0.15, -0.1) is 0 Å². The van der Waals surface area contributed by atoms with Crippen molar-refractivity contribution in [2.45, 2.75) is 31.3 Å². The normalized spacial score (nSPS) is 16.9. The summed E-state index contributed by atoms with van der Waals surface area (Å²) in [7, 11) is 1.33. The van der Waals surface area contributed by atoms with Crippen LogP contribution in [-0.4, -0.2) is 18.2 Å². The first-order valence-electron chi connectivity index (χ1n) is 5.55. The van der Waals surface area contributed by atoms with E-state index < -0.39 is 6.10 Å². The molecule has 0 amide bonds. The maximum Gasteiger partial charge on any atom is 0.308 e. The number of carbonyl (C=O) groups is 1. The molecular formula is C13H16O3. The highest BCUT2D eigenvalue weighted by molar-refractivity contribution is 5.70. The van der Waals surface area contributed by atoms with Gasteiger partial charge in [0.1, 0.15) is 0 Å². The van der Waals surface area contributed by atoms with E-state index in [2.05, 4.69) is 10.8 Å². The van der Waals surface area contributed by atoms with Crippen LogP contribution in [0.3, 0.4) is 0 Å². The Balaban J connectivity index is 2.07. The van der Waals surface area contributed by atoms with Crippen molar-refractivity contribution in [2.75, 3.05) is 7.11 Å². The molecule has 0 aliphatic heterocycles. The Bertz CT molecular complexity index is 383. The summed E-state index contributed by atoms with van der Waals surface area (Å²) in [4.78, 5) is 11.0. The van der Waals surface area contributed by atoms with Gasteiger partial charge in [0.25, 0.3) is 0 Å². The summed E-state index contributed by atoms with van der Waals surface area (Å²) in [6.07, 6.45) is 1.73. The van der Waals surface area contributed by atoms with E-state index in [1.165, 1.54) is 25.5 Å². The van der Waals surface area contributed by atoms with Crippen LogP contribution in [-0.2, 0) is 9.53 Å². The topological polar surface area (TPSA) is 46.5 Å². The predicted octanol–water partition coefficient (Wildman–Crippen LogP) is 2.16. The summed E-state index contributed by atoms with van der Waals surface area (Å²) >= 11 is 0. The van der Waals surface area contributed by atoms with Gasteiger partial charge in [0, 0.05) is 0 Å². The van der Waals surface area contributed by atoms with Crippen molar-refractivity contribution >= 4 is 5.97 Å². The number of benzene rings is 1. The number of methoxy groups -OCH3 is 1. The molecule has 0 spiro atoms. The highest BCUT2D eigenvalue weighted by Crippen LogP contribution is 2.40. The van der Waals surface area contributed by atoms with Crippen molar-refractivity contribution in [3.05, 3.63) is 35.4 Å². The molecule has 1 aromatic carbocycles. The second-order valence-corrected chi connectivity index (χ2v) is 4.24. The molecule has 16 heavy (non-hydrogen) atoms. The molecule has 1 fully saturated rings. The van der Waals surface area contributed by atoms with Crippen LogP contribution in [0.25, 0.3) is 0 Å². The van der Waals surface area contributed by atoms with Gasteiger partial charge >= 0.3 is 5.97 Å². The molecule has 2 rings (SSSR count). The van der Waals surface area contributed by atoms with Gasteiger partial charge in [0.05, 0.1) is 19.6 Å². The quantitative estimate of drug-likeness (QED) is 0.791. The van der Waals surface area contributed by atoms with Crippen LogP contribution in [0.2, 0.25) is 0 Å². The first-order chi connectivity index (χ1) is 7.70. The van der Waals surface area contributed by atoms with Crippen LogP contribution in [0.5, 0.6) is 0 Å². The molecule has 1 N–H and O–H groups in total. The number of carbonyl (C=O) groups excluding carboxylic acids is 1. The van der Waals surface area contributed by atoms with Crippen LogP contribution >= 0.6 is 0 Å². The van der Waals surface area contributed by atoms with Crippen molar-refractivity contribution < 1.29 is 14.6 Å². The van der Waals surface area contributed by atoms with Crippen LogP contribution in [0.4, 0.5) is 0 Å². The summed E-state index contributed by atoms with van der Waals surface area (Å²) in [6.45, 7) is 0. The molecular weight excluding hydrogens is 204 g/mol. The van der Waals surface area contributed by atoms with Crippen LogP contribution < -0.4 is 0 Å². The van der Waals surface area contributed by atoms with E-state index in [0.29, 0.717) is 5.92 Å². The van der Waals surface area contributed by atoms with Gasteiger partial charge in [-0.05, 0) is 29.9 Å². The molecule has 3 nitrogen and oxygen atoms in total. The van der Waals surface area contributed by atoms with E-state index in [4.69, 9.17) is 0 Å². The lowest BCUT2D eigenvalue weighted by molar-refractivity contribution is -0.142. The Morgan fingerprint density at radius 2 is 2.31 bits per heavy atom. The average molecular weight is 220 g/mol. The monoisotopic (exact) mass is 220 g/mol. The highest BCUT2D eigenvalue weighted by Gasteiger charge is 2.24. The third kappa shape index (κ3) is 2.61. The second-order valence-electron chi connectivity index (χ2n) is 4.24. The summed E-state index contributed by atoms with van der Waals surface area (Å²) in [5.74, 6) is 0.273. The zero-order chi connectivity index (χ0) is 11.5. The van der Waals surface area contributed by atoms with Crippen molar-refractivity contribution in [1.29, 1.82) is 0 Å². The molecule has 1 saturated carbocycles. The van der Waals surface area contributed by atoms with Crippen molar-refractivity contribution in [3.63, 3.8) is 0 Å². The fourth-order valence-corrected chi connectivity index (χ4v) is 1.80. The van der Waals surface area contributed by atoms with E-state index in [0.717, 1.165) is 5.56 Å². The number of ether oxygens (including phenoxy) is 1. The standard InChI is InChI=1S/C13H16O3/c1-16-13(15)8-12(14)11-4-2-3-10(7-11)9-5-6-9/h2-4,7,9,12,14H,5-6,8H2,1H3. The van der Waals surface area contributed by atoms with Gasteiger partial charge in [0.2, 0.25) is 0 Å². The van der Waals surface area contributed by atoms with Gasteiger partial charge in [-0.3, -0.25) is 4.79 Å². The minimum atomic E-state index is -0.758. The second kappa shape index (κ2) is 4.66. The maximum absolute atomic E-state index is 11.0. The number of esters is 1. The van der Waals surface area contributed by atoms with E-state index in [-0.39, 0.29) is 12.4 Å². The zero-order valence-electron chi connectivity index (χ0n) is 9.35. The third-order valence-corrected chi connectivity index (χ3v) is 2.93. The Labute approximate surface area is 95.0 Å². The zero-order valence-corrected chi connectivity index (χ0v) is 9.35. The number of rotatable bonds is 4. The van der Waals surface area contributed by atoms with Crippen molar-refractivity contribution in [2.24, 2.45) is 0 Å². The lowest BCUT2D eigenvalue weighted by Crippen LogP contribution is -2.08. The van der Waals surface area contributed by atoms with Crippen LogP contribution in [0.15, 0.2) is 24.3 Å². The predicted molar refractivity (Wildman–Crippen MR) is 60.0 cm³/mol. The average Bonchev–Trinajstić information content (AvgIpc) is 3.13. The van der Waals surface area contributed by atoms with E-state index in [1.807, 2.05) is 18.2 Å². The third-order valence-electron chi connectivity index (χ3n) is 2.93. The van der Waals surface area contributed by atoms with Gasteiger partial charge in [-0.1, -0.05) is 24.3 Å². The van der Waals surface area contributed by atoms with Crippen LogP contribution in [0.1, 0.15) is 42.4 Å². The van der Waals surface area contributed by atoms with Crippen LogP contribution in [0, 0.1) is 0 Å². The summed E-state index contributed by atoms with van der Waals surface area (Å²) < 4.78 is 4.53. The molecule has 3 heteroatoms. The lowest BCUT2D eigenvalue weighted by Gasteiger charge is -2.10. The van der Waals surface area contributed by atoms with Crippen molar-refractivity contribution in [3.8, 4) is 0 Å². The molecule has 0 aromatic heterocycles. The minimum Gasteiger partial charge on any atom is -0.469 e. The van der Waals surface area contributed by atoms with Gasteiger partial charge in [-0.2, -0.15) is 0 Å². The first kappa shape index (κ1) is 11.1. The van der Waals surface area contributed by atoms with E-state index in [1.54, 1.807) is 0 Å². The van der Waals surface area contributed by atoms with Gasteiger partial charge in [0.15, 0.2) is 0 Å².